The summed E-state index contributed by atoms with van der Waals surface area (Å²) in [5, 5.41) is 10.7. The van der Waals surface area contributed by atoms with Crippen LogP contribution in [0.15, 0.2) is 11.6 Å². The van der Waals surface area contributed by atoms with Crippen LogP contribution in [0.2, 0.25) is 0 Å². The first-order valence-electron chi connectivity index (χ1n) is 17.8. The average molecular weight is 569 g/mol. The molecule has 0 aromatic heterocycles. The zero-order valence-electron chi connectivity index (χ0n) is 28.1. The lowest BCUT2D eigenvalue weighted by Crippen LogP contribution is -2.65. The van der Waals surface area contributed by atoms with Crippen molar-refractivity contribution in [1.82, 2.24) is 0 Å². The summed E-state index contributed by atoms with van der Waals surface area (Å²) >= 11 is 0. The molecule has 3 heteroatoms. The van der Waals surface area contributed by atoms with Gasteiger partial charge in [0, 0.05) is 6.61 Å². The standard InChI is InChI=1S/C38H64O3/c1-9-10-11-12-13-14-25-41-31-19-20-35(6)29(34(31,4)5)18-21-37(8)30(35)16-15-28-32-27(3)26(2)17-22-38(32,33(39)40)24-23-36(28,37)7/h15,26-27,29-32H,9-14,16-25H2,1-8H3,(H,39,40)/t26-,27+,29?,30-,31+,32+,35+,36-,37-,38+/m1/s1. The van der Waals surface area contributed by atoms with Crippen molar-refractivity contribution in [2.24, 2.45) is 56.7 Å². The maximum Gasteiger partial charge on any atom is 0.310 e. The van der Waals surface area contributed by atoms with Crippen molar-refractivity contribution in [3.8, 4) is 0 Å². The molecule has 0 amide bonds. The lowest BCUT2D eigenvalue weighted by molar-refractivity contribution is -0.213. The van der Waals surface area contributed by atoms with Crippen LogP contribution in [0.5, 0.6) is 0 Å². The van der Waals surface area contributed by atoms with E-state index in [4.69, 9.17) is 4.74 Å². The Bertz CT molecular complexity index is 997. The molecule has 234 valence electrons. The van der Waals surface area contributed by atoms with E-state index in [2.05, 4.69) is 61.5 Å². The minimum atomic E-state index is -0.547. The van der Waals surface area contributed by atoms with E-state index in [1.165, 1.54) is 64.2 Å². The molecule has 5 aliphatic carbocycles. The van der Waals surface area contributed by atoms with Crippen molar-refractivity contribution >= 4 is 5.97 Å². The fraction of sp³-hybridized carbons (Fsp3) is 0.921. The summed E-state index contributed by atoms with van der Waals surface area (Å²) in [6.07, 6.45) is 20.9. The molecule has 0 bridgehead atoms. The zero-order chi connectivity index (χ0) is 29.8. The van der Waals surface area contributed by atoms with E-state index in [-0.39, 0.29) is 22.2 Å². The number of carboxylic acids is 1. The molecule has 0 aliphatic heterocycles. The first-order chi connectivity index (χ1) is 19.3. The summed E-state index contributed by atoms with van der Waals surface area (Å²) in [5.41, 5.74) is 1.86. The Morgan fingerprint density at radius 2 is 1.59 bits per heavy atom. The highest BCUT2D eigenvalue weighted by molar-refractivity contribution is 5.76. The molecule has 10 atom stereocenters. The number of fused-ring (bicyclic) bond motifs is 7. The van der Waals surface area contributed by atoms with Gasteiger partial charge in [-0.3, -0.25) is 4.79 Å². The third-order valence-corrected chi connectivity index (χ3v) is 15.2. The Kier molecular flexibility index (Phi) is 8.68. The average Bonchev–Trinajstić information content (AvgIpc) is 2.91. The van der Waals surface area contributed by atoms with Crippen LogP contribution in [0.3, 0.4) is 0 Å². The number of rotatable bonds is 9. The molecular weight excluding hydrogens is 504 g/mol. The molecule has 41 heavy (non-hydrogen) atoms. The maximum absolute atomic E-state index is 13.0. The van der Waals surface area contributed by atoms with Gasteiger partial charge in [-0.1, -0.05) is 99.1 Å². The Labute approximate surface area is 253 Å². The quantitative estimate of drug-likeness (QED) is 0.222. The van der Waals surface area contributed by atoms with Crippen molar-refractivity contribution in [3.05, 3.63) is 11.6 Å². The number of hydrogen-bond acceptors (Lipinski definition) is 2. The Hall–Kier alpha value is -0.830. The van der Waals surface area contributed by atoms with Crippen LogP contribution >= 0.6 is 0 Å². The molecule has 0 aromatic rings. The smallest absolute Gasteiger partial charge is 0.310 e. The van der Waals surface area contributed by atoms with Gasteiger partial charge in [-0.15, -0.1) is 0 Å². The van der Waals surface area contributed by atoms with Crippen molar-refractivity contribution in [1.29, 1.82) is 0 Å². The minimum Gasteiger partial charge on any atom is -0.481 e. The Morgan fingerprint density at radius 3 is 2.29 bits per heavy atom. The fourth-order valence-corrected chi connectivity index (χ4v) is 12.2. The van der Waals surface area contributed by atoms with Crippen LogP contribution in [0, 0.1) is 56.7 Å². The third kappa shape index (κ3) is 4.71. The Morgan fingerprint density at radius 1 is 0.878 bits per heavy atom. The van der Waals surface area contributed by atoms with E-state index >= 15 is 0 Å². The predicted molar refractivity (Wildman–Crippen MR) is 170 cm³/mol. The summed E-state index contributed by atoms with van der Waals surface area (Å²) in [4.78, 5) is 13.0. The monoisotopic (exact) mass is 568 g/mol. The van der Waals surface area contributed by atoms with Gasteiger partial charge in [-0.2, -0.15) is 0 Å². The highest BCUT2D eigenvalue weighted by Gasteiger charge is 2.69. The molecule has 0 aromatic carbocycles. The number of ether oxygens (including phenoxy) is 1. The van der Waals surface area contributed by atoms with E-state index in [0.717, 1.165) is 38.7 Å². The van der Waals surface area contributed by atoms with Crippen molar-refractivity contribution in [3.63, 3.8) is 0 Å². The van der Waals surface area contributed by atoms with Gasteiger partial charge in [0.2, 0.25) is 0 Å². The lowest BCUT2D eigenvalue weighted by atomic mass is 9.33. The molecule has 3 nitrogen and oxygen atoms in total. The van der Waals surface area contributed by atoms with Crippen LogP contribution in [0.4, 0.5) is 0 Å². The van der Waals surface area contributed by atoms with Gasteiger partial charge >= 0.3 is 5.97 Å². The van der Waals surface area contributed by atoms with E-state index in [1.54, 1.807) is 5.57 Å². The molecule has 5 aliphatic rings. The first kappa shape index (κ1) is 31.6. The van der Waals surface area contributed by atoms with Crippen molar-refractivity contribution in [2.45, 2.75) is 158 Å². The molecule has 4 fully saturated rings. The molecule has 4 saturated carbocycles. The number of carboxylic acid groups (broad SMARTS) is 1. The maximum atomic E-state index is 13.0. The summed E-state index contributed by atoms with van der Waals surface area (Å²) < 4.78 is 6.71. The van der Waals surface area contributed by atoms with Crippen LogP contribution in [0.25, 0.3) is 0 Å². The topological polar surface area (TPSA) is 46.5 Å². The van der Waals surface area contributed by atoms with Gasteiger partial charge in [0.1, 0.15) is 0 Å². The molecule has 0 heterocycles. The molecule has 0 radical (unpaired) electrons. The molecule has 0 spiro atoms. The van der Waals surface area contributed by atoms with E-state index in [9.17, 15) is 9.90 Å². The van der Waals surface area contributed by atoms with Crippen LogP contribution in [0.1, 0.15) is 152 Å². The number of unbranched alkanes of at least 4 members (excludes halogenated alkanes) is 5. The van der Waals surface area contributed by atoms with Gasteiger partial charge in [-0.25, -0.2) is 0 Å². The molecule has 0 saturated heterocycles. The second-order valence-corrected chi connectivity index (χ2v) is 17.1. The lowest BCUT2D eigenvalue weighted by Gasteiger charge is -2.71. The van der Waals surface area contributed by atoms with Gasteiger partial charge < -0.3 is 9.84 Å². The summed E-state index contributed by atoms with van der Waals surface area (Å²) in [6.45, 7) is 20.9. The van der Waals surface area contributed by atoms with Gasteiger partial charge in [0.15, 0.2) is 0 Å². The second-order valence-electron chi connectivity index (χ2n) is 17.1. The highest BCUT2D eigenvalue weighted by Crippen LogP contribution is 2.75. The summed E-state index contributed by atoms with van der Waals surface area (Å²) in [5.74, 6) is 2.07. The van der Waals surface area contributed by atoms with Gasteiger partial charge in [0.05, 0.1) is 11.5 Å². The van der Waals surface area contributed by atoms with E-state index in [0.29, 0.717) is 35.2 Å². The molecular formula is C38H64O3. The number of hydrogen-bond donors (Lipinski definition) is 1. The number of allylic oxidation sites excluding steroid dienone is 2. The SMILES string of the molecule is CCCCCCCCO[C@H]1CC[C@@]2(C)C(CC[C@]3(C)[C@@H]2CC=C2[C@@H]4[C@@H](C)[C@H](C)CC[C@]4(C(=O)O)CC[C@]23C)C1(C)C. The van der Waals surface area contributed by atoms with Crippen LogP contribution in [-0.4, -0.2) is 23.8 Å². The first-order valence-corrected chi connectivity index (χ1v) is 17.8. The molecule has 1 N–H and O–H groups in total. The minimum absolute atomic E-state index is 0.105. The van der Waals surface area contributed by atoms with E-state index in [1.807, 2.05) is 0 Å². The largest absolute Gasteiger partial charge is 0.481 e. The summed E-state index contributed by atoms with van der Waals surface area (Å²) in [7, 11) is 0. The number of carbonyl (C=O) groups is 1. The summed E-state index contributed by atoms with van der Waals surface area (Å²) in [6, 6.07) is 0. The van der Waals surface area contributed by atoms with Crippen LogP contribution < -0.4 is 0 Å². The van der Waals surface area contributed by atoms with Crippen molar-refractivity contribution in [2.75, 3.05) is 6.61 Å². The van der Waals surface area contributed by atoms with E-state index < -0.39 is 11.4 Å². The second kappa shape index (κ2) is 11.3. The number of aliphatic carboxylic acids is 1. The predicted octanol–water partition coefficient (Wildman–Crippen LogP) is 10.5. The fourth-order valence-electron chi connectivity index (χ4n) is 12.2. The highest BCUT2D eigenvalue weighted by atomic mass is 16.5. The van der Waals surface area contributed by atoms with Crippen LogP contribution in [-0.2, 0) is 9.53 Å². The third-order valence-electron chi connectivity index (χ3n) is 15.2. The Balaban J connectivity index is 1.38. The van der Waals surface area contributed by atoms with Gasteiger partial charge in [0.25, 0.3) is 0 Å². The normalized spacial score (nSPS) is 46.9. The van der Waals surface area contributed by atoms with Gasteiger partial charge in [-0.05, 0) is 115 Å². The molecule has 5 rings (SSSR count). The zero-order valence-corrected chi connectivity index (χ0v) is 28.1. The molecule has 1 unspecified atom stereocenters. The van der Waals surface area contributed by atoms with Crippen molar-refractivity contribution < 1.29 is 14.6 Å².